The number of hydrogen-bond acceptors (Lipinski definition) is 6. The van der Waals surface area contributed by atoms with E-state index >= 15 is 0 Å². The highest BCUT2D eigenvalue weighted by molar-refractivity contribution is 8.03. The molecule has 1 aromatic rings. The minimum Gasteiger partial charge on any atom is -0.548 e. The molecule has 0 aliphatic carbocycles. The van der Waals surface area contributed by atoms with Crippen LogP contribution in [0.2, 0.25) is 0 Å². The molecular formula is C14H12N3O3S2-. The predicted molar refractivity (Wildman–Crippen MR) is 84.8 cm³/mol. The highest BCUT2D eigenvalue weighted by atomic mass is 32.2. The van der Waals surface area contributed by atoms with Gasteiger partial charge in [0.1, 0.15) is 10.7 Å². The first-order valence-corrected chi connectivity index (χ1v) is 7.68. The lowest BCUT2D eigenvalue weighted by atomic mass is 10.3. The molecule has 1 saturated heterocycles. The summed E-state index contributed by atoms with van der Waals surface area (Å²) in [5.41, 5.74) is 1.25. The summed E-state index contributed by atoms with van der Waals surface area (Å²) in [6.45, 7) is -0.446. The van der Waals surface area contributed by atoms with E-state index in [9.17, 15) is 14.7 Å². The number of hydrogen-bond donors (Lipinski definition) is 0. The summed E-state index contributed by atoms with van der Waals surface area (Å²) in [4.78, 5) is 28.9. The number of anilines is 1. The average molecular weight is 334 g/mol. The smallest absolute Gasteiger partial charge is 0.279 e. The van der Waals surface area contributed by atoms with Crippen LogP contribution >= 0.6 is 24.0 Å². The summed E-state index contributed by atoms with van der Waals surface area (Å²) in [6.07, 6.45) is 0. The zero-order valence-corrected chi connectivity index (χ0v) is 13.5. The molecule has 0 spiro atoms. The number of carboxylic acid groups (broad SMARTS) is 1. The van der Waals surface area contributed by atoms with Gasteiger partial charge in [-0.2, -0.15) is 0 Å². The summed E-state index contributed by atoms with van der Waals surface area (Å²) in [6, 6.07) is 7.73. The Morgan fingerprint density at radius 3 is 2.59 bits per heavy atom. The molecule has 2 aliphatic heterocycles. The van der Waals surface area contributed by atoms with Crippen LogP contribution < -0.4 is 10.0 Å². The van der Waals surface area contributed by atoms with Crippen molar-refractivity contribution in [2.24, 2.45) is 0 Å². The van der Waals surface area contributed by atoms with Gasteiger partial charge in [-0.15, -0.1) is 0 Å². The fourth-order valence-corrected chi connectivity index (χ4v) is 3.86. The van der Waals surface area contributed by atoms with Crippen molar-refractivity contribution < 1.29 is 14.7 Å². The lowest BCUT2D eigenvalue weighted by Crippen LogP contribution is -2.39. The first-order chi connectivity index (χ1) is 10.4. The molecular weight excluding hydrogens is 322 g/mol. The van der Waals surface area contributed by atoms with Gasteiger partial charge in [-0.1, -0.05) is 23.9 Å². The van der Waals surface area contributed by atoms with Gasteiger partial charge in [-0.05, 0) is 24.4 Å². The Morgan fingerprint density at radius 2 is 1.95 bits per heavy atom. The van der Waals surface area contributed by atoms with Gasteiger partial charge < -0.3 is 19.7 Å². The average Bonchev–Trinajstić information content (AvgIpc) is 2.91. The SMILES string of the molecule is CN1C(=O)/C(=C2\Sc3ccccc3N2C)N(CC(=O)[O-])C1=S. The third-order valence-electron chi connectivity index (χ3n) is 3.52. The Bertz CT molecular complexity index is 732. The van der Waals surface area contributed by atoms with Crippen LogP contribution in [0.1, 0.15) is 0 Å². The van der Waals surface area contributed by atoms with Crippen LogP contribution in [0, 0.1) is 0 Å². The Morgan fingerprint density at radius 1 is 1.27 bits per heavy atom. The highest BCUT2D eigenvalue weighted by Gasteiger charge is 2.41. The molecule has 1 fully saturated rings. The molecule has 8 heteroatoms. The number of thioether (sulfide) groups is 1. The molecule has 1 aromatic carbocycles. The van der Waals surface area contributed by atoms with Crippen molar-refractivity contribution >= 4 is 46.7 Å². The second kappa shape index (κ2) is 5.29. The van der Waals surface area contributed by atoms with Crippen molar-refractivity contribution in [2.45, 2.75) is 4.90 Å². The number of para-hydroxylation sites is 1. The molecule has 2 heterocycles. The first-order valence-electron chi connectivity index (χ1n) is 6.46. The molecule has 22 heavy (non-hydrogen) atoms. The molecule has 0 aromatic heterocycles. The van der Waals surface area contributed by atoms with Crippen LogP contribution in [0.15, 0.2) is 39.9 Å². The van der Waals surface area contributed by atoms with Crippen LogP contribution in [-0.4, -0.2) is 47.4 Å². The van der Waals surface area contributed by atoms with Crippen molar-refractivity contribution in [3.05, 3.63) is 35.0 Å². The topological polar surface area (TPSA) is 66.9 Å². The normalized spacial score (nSPS) is 20.9. The molecule has 0 atom stereocenters. The van der Waals surface area contributed by atoms with E-state index in [0.29, 0.717) is 5.03 Å². The van der Waals surface area contributed by atoms with Crippen molar-refractivity contribution in [2.75, 3.05) is 25.5 Å². The second-order valence-electron chi connectivity index (χ2n) is 4.89. The number of aliphatic carboxylic acids is 1. The Labute approximate surface area is 137 Å². The Balaban J connectivity index is 2.10. The summed E-state index contributed by atoms with van der Waals surface area (Å²) in [5, 5.41) is 11.8. The van der Waals surface area contributed by atoms with Crippen LogP contribution in [-0.2, 0) is 9.59 Å². The van der Waals surface area contributed by atoms with Gasteiger partial charge in [0, 0.05) is 19.0 Å². The number of nitrogens with zero attached hydrogens (tertiary/aromatic N) is 3. The van der Waals surface area contributed by atoms with Gasteiger partial charge in [-0.3, -0.25) is 9.69 Å². The van der Waals surface area contributed by atoms with Gasteiger partial charge in [0.15, 0.2) is 5.11 Å². The summed E-state index contributed by atoms with van der Waals surface area (Å²) in [7, 11) is 3.38. The third kappa shape index (κ3) is 2.15. The van der Waals surface area contributed by atoms with E-state index in [1.165, 1.54) is 28.6 Å². The number of amides is 1. The number of likely N-dealkylation sites (N-methyl/N-ethyl adjacent to an activating group) is 1. The fraction of sp³-hybridized carbons (Fsp3) is 0.214. The Hall–Kier alpha value is -2.06. The van der Waals surface area contributed by atoms with E-state index in [1.807, 2.05) is 36.2 Å². The molecule has 0 unspecified atom stereocenters. The van der Waals surface area contributed by atoms with Gasteiger partial charge in [0.05, 0.1) is 18.2 Å². The van der Waals surface area contributed by atoms with E-state index in [-0.39, 0.29) is 16.7 Å². The highest BCUT2D eigenvalue weighted by Crippen LogP contribution is 2.47. The first kappa shape index (κ1) is 14.9. The number of rotatable bonds is 2. The van der Waals surface area contributed by atoms with Crippen LogP contribution in [0.3, 0.4) is 0 Å². The fourth-order valence-electron chi connectivity index (χ4n) is 2.43. The van der Waals surface area contributed by atoms with Crippen LogP contribution in [0.4, 0.5) is 5.69 Å². The predicted octanol–water partition coefficient (Wildman–Crippen LogP) is 0.206. The molecule has 2 aliphatic rings. The van der Waals surface area contributed by atoms with E-state index in [2.05, 4.69) is 0 Å². The number of carboxylic acids is 1. The van der Waals surface area contributed by atoms with Crippen LogP contribution in [0.25, 0.3) is 0 Å². The molecule has 0 saturated carbocycles. The number of benzene rings is 1. The zero-order chi connectivity index (χ0) is 16.0. The number of carbonyl (C=O) groups excluding carboxylic acids is 2. The quantitative estimate of drug-likeness (QED) is 0.566. The minimum atomic E-state index is -1.29. The van der Waals surface area contributed by atoms with Crippen molar-refractivity contribution in [1.29, 1.82) is 0 Å². The lowest BCUT2D eigenvalue weighted by molar-refractivity contribution is -0.305. The molecule has 0 N–H and O–H groups in total. The molecule has 1 amide bonds. The second-order valence-corrected chi connectivity index (χ2v) is 6.28. The number of thiocarbonyl (C=S) groups is 1. The third-order valence-corrected chi connectivity index (χ3v) is 5.24. The molecule has 114 valence electrons. The summed E-state index contributed by atoms with van der Waals surface area (Å²) >= 11 is 6.60. The van der Waals surface area contributed by atoms with E-state index in [1.54, 1.807) is 0 Å². The maximum absolute atomic E-state index is 12.5. The number of carbonyl (C=O) groups is 2. The maximum Gasteiger partial charge on any atom is 0.279 e. The van der Waals surface area contributed by atoms with Crippen molar-refractivity contribution in [1.82, 2.24) is 9.80 Å². The van der Waals surface area contributed by atoms with Gasteiger partial charge in [0.25, 0.3) is 5.91 Å². The van der Waals surface area contributed by atoms with Gasteiger partial charge in [-0.25, -0.2) is 0 Å². The standard InChI is InChI=1S/C14H13N3O3S2/c1-15-8-5-3-4-6-9(8)22-13(15)11-12(20)16(2)14(21)17(11)7-10(18)19/h3-6H,7H2,1-2H3,(H,18,19)/p-1/b13-11+. The molecule has 0 bridgehead atoms. The molecule has 3 rings (SSSR count). The van der Waals surface area contributed by atoms with E-state index in [0.717, 1.165) is 10.6 Å². The van der Waals surface area contributed by atoms with Crippen molar-refractivity contribution in [3.8, 4) is 0 Å². The van der Waals surface area contributed by atoms with E-state index in [4.69, 9.17) is 12.2 Å². The molecule has 6 nitrogen and oxygen atoms in total. The largest absolute Gasteiger partial charge is 0.548 e. The van der Waals surface area contributed by atoms with Crippen LogP contribution in [0.5, 0.6) is 0 Å². The van der Waals surface area contributed by atoms with Gasteiger partial charge >= 0.3 is 0 Å². The molecule has 0 radical (unpaired) electrons. The zero-order valence-electron chi connectivity index (χ0n) is 11.9. The summed E-state index contributed by atoms with van der Waals surface area (Å²) in [5.74, 6) is -1.60. The summed E-state index contributed by atoms with van der Waals surface area (Å²) < 4.78 is 0. The maximum atomic E-state index is 12.5. The Kier molecular flexibility index (Phi) is 3.57. The minimum absolute atomic E-state index is 0.168. The van der Waals surface area contributed by atoms with Gasteiger partial charge in [0.2, 0.25) is 0 Å². The van der Waals surface area contributed by atoms with E-state index < -0.39 is 12.5 Å². The number of fused-ring (bicyclic) bond motifs is 1. The lowest BCUT2D eigenvalue weighted by Gasteiger charge is -2.22. The van der Waals surface area contributed by atoms with Crippen molar-refractivity contribution in [3.63, 3.8) is 0 Å². The monoisotopic (exact) mass is 334 g/mol.